The Bertz CT molecular complexity index is 431. The van der Waals surface area contributed by atoms with Gasteiger partial charge in [0.15, 0.2) is 0 Å². The van der Waals surface area contributed by atoms with Gasteiger partial charge in [0.05, 0.1) is 13.5 Å². The number of hydrogen-bond acceptors (Lipinski definition) is 2. The van der Waals surface area contributed by atoms with Gasteiger partial charge in [0, 0.05) is 4.43 Å². The van der Waals surface area contributed by atoms with Crippen LogP contribution in [-0.2, 0) is 9.53 Å². The van der Waals surface area contributed by atoms with Gasteiger partial charge in [0.2, 0.25) is 0 Å². The fourth-order valence-corrected chi connectivity index (χ4v) is 1.88. The van der Waals surface area contributed by atoms with Gasteiger partial charge in [-0.15, -0.1) is 0 Å². The van der Waals surface area contributed by atoms with Crippen LogP contribution in [0.3, 0.4) is 0 Å². The van der Waals surface area contributed by atoms with Gasteiger partial charge < -0.3 is 4.74 Å². The lowest BCUT2D eigenvalue weighted by Gasteiger charge is -1.98. The van der Waals surface area contributed by atoms with E-state index in [-0.39, 0.29) is 5.97 Å². The van der Waals surface area contributed by atoms with E-state index >= 15 is 0 Å². The minimum Gasteiger partial charge on any atom is -0.469 e. The Hall–Kier alpha value is -1.36. The molecule has 0 amide bonds. The summed E-state index contributed by atoms with van der Waals surface area (Å²) in [6, 6.07) is 20.8. The third-order valence-corrected chi connectivity index (χ3v) is 2.95. The fraction of sp³-hybridized carbons (Fsp3) is 0.188. The van der Waals surface area contributed by atoms with Crippen LogP contribution in [0.25, 0.3) is 11.1 Å². The number of benzene rings is 2. The summed E-state index contributed by atoms with van der Waals surface area (Å²) in [4.78, 5) is 10.2. The van der Waals surface area contributed by atoms with E-state index in [1.54, 1.807) is 0 Å². The second-order valence-corrected chi connectivity index (χ2v) is 4.83. The van der Waals surface area contributed by atoms with Crippen LogP contribution < -0.4 is 0 Å². The molecule has 0 heterocycles. The van der Waals surface area contributed by atoms with E-state index in [1.165, 1.54) is 18.2 Å². The Kier molecular flexibility index (Phi) is 7.89. The maximum Gasteiger partial charge on any atom is 0.306 e. The van der Waals surface area contributed by atoms with Crippen molar-refractivity contribution in [3.05, 3.63) is 60.7 Å². The van der Waals surface area contributed by atoms with E-state index in [4.69, 9.17) is 0 Å². The van der Waals surface area contributed by atoms with Crippen molar-refractivity contribution in [2.24, 2.45) is 0 Å². The molecular formula is C16H17IO2. The normalized spacial score (nSPS) is 9.16. The zero-order valence-electron chi connectivity index (χ0n) is 10.9. The second-order valence-electron chi connectivity index (χ2n) is 3.75. The number of rotatable bonds is 3. The first-order valence-corrected chi connectivity index (χ1v) is 7.53. The van der Waals surface area contributed by atoms with Crippen molar-refractivity contribution in [1.82, 2.24) is 0 Å². The third-order valence-electron chi connectivity index (χ3n) is 2.41. The molecule has 2 rings (SSSR count). The van der Waals surface area contributed by atoms with Crippen molar-refractivity contribution < 1.29 is 9.53 Å². The molecule has 0 aliphatic heterocycles. The van der Waals surface area contributed by atoms with E-state index in [2.05, 4.69) is 75.9 Å². The average Bonchev–Trinajstić information content (AvgIpc) is 2.50. The topological polar surface area (TPSA) is 26.3 Å². The molecule has 100 valence electrons. The summed E-state index contributed by atoms with van der Waals surface area (Å²) in [7, 11) is 1.40. The van der Waals surface area contributed by atoms with Gasteiger partial charge in [0.1, 0.15) is 0 Å². The molecule has 0 N–H and O–H groups in total. The van der Waals surface area contributed by atoms with Gasteiger partial charge in [-0.25, -0.2) is 0 Å². The molecule has 0 aliphatic carbocycles. The van der Waals surface area contributed by atoms with E-state index in [0.29, 0.717) is 6.42 Å². The standard InChI is InChI=1S/C12H10.C4H7IO2/c1-3-7-11(8-4-1)12-9-5-2-6-10-12;1-7-4(6)2-3-5/h1-10H;2-3H2,1H3. The predicted molar refractivity (Wildman–Crippen MR) is 87.4 cm³/mol. The lowest BCUT2D eigenvalue weighted by Crippen LogP contribution is -1.99. The number of halogens is 1. The van der Waals surface area contributed by atoms with Gasteiger partial charge >= 0.3 is 5.97 Å². The molecule has 3 heteroatoms. The largest absolute Gasteiger partial charge is 0.469 e. The number of hydrogen-bond donors (Lipinski definition) is 0. The monoisotopic (exact) mass is 368 g/mol. The van der Waals surface area contributed by atoms with Crippen molar-refractivity contribution in [3.8, 4) is 11.1 Å². The maximum atomic E-state index is 10.2. The number of carbonyl (C=O) groups excluding carboxylic acids is 1. The number of carbonyl (C=O) groups is 1. The Morgan fingerprint density at radius 1 is 0.947 bits per heavy atom. The van der Waals surface area contributed by atoms with Crippen LogP contribution in [0.1, 0.15) is 6.42 Å². The van der Waals surface area contributed by atoms with Crippen LogP contribution in [-0.4, -0.2) is 17.5 Å². The van der Waals surface area contributed by atoms with Gasteiger partial charge in [-0.2, -0.15) is 0 Å². The van der Waals surface area contributed by atoms with Gasteiger partial charge in [0.25, 0.3) is 0 Å². The average molecular weight is 368 g/mol. The first-order valence-electron chi connectivity index (χ1n) is 6.01. The molecule has 2 aromatic carbocycles. The molecule has 2 aromatic rings. The fourth-order valence-electron chi connectivity index (χ4n) is 1.44. The SMILES string of the molecule is COC(=O)CCI.c1ccc(-c2ccccc2)cc1. The molecule has 0 bridgehead atoms. The molecule has 0 fully saturated rings. The highest BCUT2D eigenvalue weighted by molar-refractivity contribution is 14.1. The lowest BCUT2D eigenvalue weighted by atomic mass is 10.1. The van der Waals surface area contributed by atoms with E-state index in [0.717, 1.165) is 4.43 Å². The van der Waals surface area contributed by atoms with E-state index < -0.39 is 0 Å². The Morgan fingerprint density at radius 3 is 1.63 bits per heavy atom. The van der Waals surface area contributed by atoms with Gasteiger partial charge in [-0.3, -0.25) is 4.79 Å². The summed E-state index contributed by atoms with van der Waals surface area (Å²) in [5, 5.41) is 0. The van der Waals surface area contributed by atoms with Crippen LogP contribution in [0.15, 0.2) is 60.7 Å². The summed E-state index contributed by atoms with van der Waals surface area (Å²) < 4.78 is 5.18. The Morgan fingerprint density at radius 2 is 1.37 bits per heavy atom. The summed E-state index contributed by atoms with van der Waals surface area (Å²) in [5.74, 6) is -0.130. The second kappa shape index (κ2) is 9.55. The lowest BCUT2D eigenvalue weighted by molar-refractivity contribution is -0.140. The molecular weight excluding hydrogens is 351 g/mol. The molecule has 0 saturated carbocycles. The molecule has 0 aliphatic rings. The van der Waals surface area contributed by atoms with Crippen molar-refractivity contribution >= 4 is 28.6 Å². The zero-order valence-corrected chi connectivity index (χ0v) is 13.0. The zero-order chi connectivity index (χ0) is 13.9. The summed E-state index contributed by atoms with van der Waals surface area (Å²) in [5.41, 5.74) is 2.55. The molecule has 19 heavy (non-hydrogen) atoms. The number of ether oxygens (including phenoxy) is 1. The van der Waals surface area contributed by atoms with Crippen LogP contribution in [0.5, 0.6) is 0 Å². The summed E-state index contributed by atoms with van der Waals surface area (Å²) >= 11 is 2.13. The van der Waals surface area contributed by atoms with Crippen molar-refractivity contribution in [3.63, 3.8) is 0 Å². The first kappa shape index (κ1) is 15.7. The highest BCUT2D eigenvalue weighted by Crippen LogP contribution is 2.17. The smallest absolute Gasteiger partial charge is 0.306 e. The van der Waals surface area contributed by atoms with Crippen LogP contribution in [0.4, 0.5) is 0 Å². The Balaban J connectivity index is 0.000000224. The molecule has 0 radical (unpaired) electrons. The molecule has 0 saturated heterocycles. The van der Waals surface area contributed by atoms with Gasteiger partial charge in [-0.05, 0) is 11.1 Å². The van der Waals surface area contributed by atoms with E-state index in [1.807, 2.05) is 12.1 Å². The molecule has 0 atom stereocenters. The number of methoxy groups -OCH3 is 1. The minimum absolute atomic E-state index is 0.130. The first-order chi connectivity index (χ1) is 9.27. The minimum atomic E-state index is -0.130. The predicted octanol–water partition coefficient (Wildman–Crippen LogP) is 4.34. The van der Waals surface area contributed by atoms with Crippen LogP contribution in [0.2, 0.25) is 0 Å². The van der Waals surface area contributed by atoms with E-state index in [9.17, 15) is 4.79 Å². The summed E-state index contributed by atoms with van der Waals surface area (Å²) in [6.45, 7) is 0. The highest BCUT2D eigenvalue weighted by Gasteiger charge is 1.93. The number of alkyl halides is 1. The summed E-state index contributed by atoms with van der Waals surface area (Å²) in [6.07, 6.45) is 0.525. The Labute approximate surface area is 127 Å². The quantitative estimate of drug-likeness (QED) is 0.458. The molecule has 0 aromatic heterocycles. The van der Waals surface area contributed by atoms with Gasteiger partial charge in [-0.1, -0.05) is 83.3 Å². The van der Waals surface area contributed by atoms with Crippen molar-refractivity contribution in [2.45, 2.75) is 6.42 Å². The van der Waals surface area contributed by atoms with Crippen molar-refractivity contribution in [1.29, 1.82) is 0 Å². The molecule has 0 spiro atoms. The number of esters is 1. The maximum absolute atomic E-state index is 10.2. The van der Waals surface area contributed by atoms with Crippen LogP contribution >= 0.6 is 22.6 Å². The molecule has 0 unspecified atom stereocenters. The molecule has 2 nitrogen and oxygen atoms in total. The van der Waals surface area contributed by atoms with Crippen LogP contribution in [0, 0.1) is 0 Å². The highest BCUT2D eigenvalue weighted by atomic mass is 127. The third kappa shape index (κ3) is 6.38. The van der Waals surface area contributed by atoms with Crippen molar-refractivity contribution in [2.75, 3.05) is 11.5 Å².